The highest BCUT2D eigenvalue weighted by Crippen LogP contribution is 2.40. The molecule has 0 aromatic heterocycles. The lowest BCUT2D eigenvalue weighted by Crippen LogP contribution is -2.47. The second kappa shape index (κ2) is 15.1. The Morgan fingerprint density at radius 2 is 1.60 bits per heavy atom. The Morgan fingerprint density at radius 1 is 0.896 bits per heavy atom. The molecule has 11 nitrogen and oxygen atoms in total. The highest BCUT2D eigenvalue weighted by atomic mass is 16.5. The smallest absolute Gasteiger partial charge is 0.356 e. The number of methoxy groups -OCH3 is 2. The number of nitrogens with one attached hydrogen (secondary N) is 1. The van der Waals surface area contributed by atoms with Crippen LogP contribution in [0.5, 0.6) is 11.5 Å². The minimum Gasteiger partial charge on any atom is -0.493 e. The van der Waals surface area contributed by atoms with Gasteiger partial charge in [0.2, 0.25) is 5.78 Å². The van der Waals surface area contributed by atoms with Crippen LogP contribution in [0.1, 0.15) is 70.6 Å². The van der Waals surface area contributed by atoms with Gasteiger partial charge >= 0.3 is 11.9 Å². The number of piperazine rings is 1. The number of Topliss-reactive ketones (excluding diaryl/α,β-unsaturated/α-hetero) is 1. The summed E-state index contributed by atoms with van der Waals surface area (Å²) in [6.45, 7) is 13.8. The monoisotopic (exact) mass is 651 g/mol. The zero-order valence-electron chi connectivity index (χ0n) is 27.8. The van der Waals surface area contributed by atoms with Crippen molar-refractivity contribution in [1.29, 1.82) is 0 Å². The summed E-state index contributed by atoms with van der Waals surface area (Å²) < 4.78 is 11.0. The summed E-state index contributed by atoms with van der Waals surface area (Å²) in [4.78, 5) is 61.5. The van der Waals surface area contributed by atoms with Crippen molar-refractivity contribution in [3.05, 3.63) is 100 Å². The second-order valence-electron chi connectivity index (χ2n) is 12.0. The summed E-state index contributed by atoms with van der Waals surface area (Å²) in [6.07, 6.45) is 0.685. The quantitative estimate of drug-likeness (QED) is 0.123. The van der Waals surface area contributed by atoms with Gasteiger partial charge in [0.15, 0.2) is 11.5 Å². The fourth-order valence-electron chi connectivity index (χ4n) is 6.57. The van der Waals surface area contributed by atoms with Crippen LogP contribution in [-0.4, -0.2) is 86.3 Å². The number of imide groups is 1. The summed E-state index contributed by atoms with van der Waals surface area (Å²) in [7, 11) is 3.05. The molecular formula is C37H41N5O6. The van der Waals surface area contributed by atoms with Gasteiger partial charge in [-0.1, -0.05) is 42.5 Å². The molecule has 48 heavy (non-hydrogen) atoms. The zero-order valence-corrected chi connectivity index (χ0v) is 27.8. The standard InChI is InChI=1S/C37H41N5O6/c1-24(26-11-7-6-8-12-26)40-19-21-41(22-20-40)30-14-9-13-28-33(30)37(46)42(36(28)45)29(27-16-17-31(47-4)32(23-27)48-5)15-10-18-39-35(44)34(38-3)25(2)43/h6-9,11-14,16-17,23-24,29,34H,10,15,18-22H2,1-2,4-5H3,(H,39,44)/t24-,29-,34?/m1/s1. The van der Waals surface area contributed by atoms with Crippen molar-refractivity contribution >= 4 is 29.2 Å². The number of nitrogens with zero attached hydrogens (tertiary/aromatic N) is 4. The second-order valence-corrected chi connectivity index (χ2v) is 12.0. The molecule has 1 fully saturated rings. The van der Waals surface area contributed by atoms with E-state index >= 15 is 0 Å². The van der Waals surface area contributed by atoms with Gasteiger partial charge in [0.25, 0.3) is 11.8 Å². The van der Waals surface area contributed by atoms with Crippen molar-refractivity contribution in [3.8, 4) is 11.5 Å². The fourth-order valence-corrected chi connectivity index (χ4v) is 6.57. The van der Waals surface area contributed by atoms with Crippen LogP contribution in [0.15, 0.2) is 66.7 Å². The average Bonchev–Trinajstić information content (AvgIpc) is 3.37. The third-order valence-corrected chi connectivity index (χ3v) is 9.23. The summed E-state index contributed by atoms with van der Waals surface area (Å²) in [5.74, 6) is -0.995. The van der Waals surface area contributed by atoms with Crippen LogP contribution in [0.25, 0.3) is 4.85 Å². The third-order valence-electron chi connectivity index (χ3n) is 9.23. The first-order valence-corrected chi connectivity index (χ1v) is 16.1. The molecule has 0 saturated carbocycles. The zero-order chi connectivity index (χ0) is 34.4. The van der Waals surface area contributed by atoms with E-state index in [1.54, 1.807) is 24.3 Å². The van der Waals surface area contributed by atoms with Crippen molar-refractivity contribution < 1.29 is 28.7 Å². The molecule has 2 heterocycles. The minimum atomic E-state index is -1.40. The highest BCUT2D eigenvalue weighted by molar-refractivity contribution is 6.24. The summed E-state index contributed by atoms with van der Waals surface area (Å²) in [5.41, 5.74) is 3.42. The Bertz CT molecular complexity index is 1710. The van der Waals surface area contributed by atoms with Gasteiger partial charge in [0, 0.05) is 45.7 Å². The average molecular weight is 652 g/mol. The van der Waals surface area contributed by atoms with E-state index in [-0.39, 0.29) is 24.4 Å². The molecule has 3 aromatic carbocycles. The SMILES string of the molecule is [C-]#[N+]C(C(C)=O)C(=O)NCCC[C@H](c1ccc(OC)c(OC)c1)N1C(=O)c2cccc(N3CCN([C@H](C)c4ccccc4)CC3)c2C1=O. The maximum atomic E-state index is 14.3. The molecule has 11 heteroatoms. The normalized spacial score (nSPS) is 16.5. The van der Waals surface area contributed by atoms with E-state index in [1.807, 2.05) is 18.2 Å². The van der Waals surface area contributed by atoms with E-state index in [0.717, 1.165) is 18.8 Å². The summed E-state index contributed by atoms with van der Waals surface area (Å²) in [6, 6.07) is 19.3. The molecule has 3 atom stereocenters. The van der Waals surface area contributed by atoms with Gasteiger partial charge in [0.05, 0.1) is 37.1 Å². The third kappa shape index (κ3) is 6.89. The van der Waals surface area contributed by atoms with Crippen LogP contribution in [0, 0.1) is 6.57 Å². The molecule has 2 aliphatic heterocycles. The number of carbonyl (C=O) groups excluding carboxylic acids is 4. The molecule has 3 aromatic rings. The molecule has 0 radical (unpaired) electrons. The lowest BCUT2D eigenvalue weighted by atomic mass is 9.99. The molecule has 1 saturated heterocycles. The maximum Gasteiger partial charge on any atom is 0.356 e. The number of hydrogen-bond acceptors (Lipinski definition) is 8. The van der Waals surface area contributed by atoms with Crippen LogP contribution >= 0.6 is 0 Å². The van der Waals surface area contributed by atoms with Gasteiger partial charge in [0.1, 0.15) is 0 Å². The van der Waals surface area contributed by atoms with Crippen molar-refractivity contribution in [3.63, 3.8) is 0 Å². The Balaban J connectivity index is 1.38. The topological polar surface area (TPSA) is 113 Å². The van der Waals surface area contributed by atoms with E-state index in [0.29, 0.717) is 54.1 Å². The first-order chi connectivity index (χ1) is 23.2. The fraction of sp³-hybridized carbons (Fsp3) is 0.378. The van der Waals surface area contributed by atoms with Gasteiger partial charge in [-0.15, -0.1) is 0 Å². The first kappa shape index (κ1) is 34.1. The van der Waals surface area contributed by atoms with E-state index in [2.05, 4.69) is 51.2 Å². The molecule has 2 aliphatic rings. The van der Waals surface area contributed by atoms with E-state index in [9.17, 15) is 19.2 Å². The van der Waals surface area contributed by atoms with Crippen molar-refractivity contribution in [2.75, 3.05) is 51.8 Å². The molecule has 5 rings (SSSR count). The Hall–Kier alpha value is -5.21. The Morgan fingerprint density at radius 3 is 2.25 bits per heavy atom. The lowest BCUT2D eigenvalue weighted by Gasteiger charge is -2.39. The number of ketones is 1. The number of fused-ring (bicyclic) bond motifs is 1. The van der Waals surface area contributed by atoms with E-state index < -0.39 is 23.8 Å². The van der Waals surface area contributed by atoms with Crippen LogP contribution in [-0.2, 0) is 9.59 Å². The number of rotatable bonds is 13. The molecule has 1 N–H and O–H groups in total. The van der Waals surface area contributed by atoms with Crippen LogP contribution in [0.3, 0.4) is 0 Å². The number of carbonyl (C=O) groups is 4. The number of hydrogen-bond donors (Lipinski definition) is 1. The van der Waals surface area contributed by atoms with E-state index in [1.165, 1.54) is 31.6 Å². The number of benzene rings is 3. The minimum absolute atomic E-state index is 0.155. The maximum absolute atomic E-state index is 14.3. The van der Waals surface area contributed by atoms with Crippen molar-refractivity contribution in [2.45, 2.75) is 44.8 Å². The van der Waals surface area contributed by atoms with Crippen LogP contribution < -0.4 is 19.7 Å². The van der Waals surface area contributed by atoms with Gasteiger partial charge in [-0.2, -0.15) is 0 Å². The summed E-state index contributed by atoms with van der Waals surface area (Å²) >= 11 is 0. The van der Waals surface area contributed by atoms with Crippen molar-refractivity contribution in [2.24, 2.45) is 0 Å². The Labute approximate surface area is 281 Å². The number of amides is 3. The summed E-state index contributed by atoms with van der Waals surface area (Å²) in [5, 5.41) is 2.65. The lowest BCUT2D eigenvalue weighted by molar-refractivity contribution is -0.127. The largest absolute Gasteiger partial charge is 0.493 e. The van der Waals surface area contributed by atoms with Gasteiger partial charge < -0.3 is 19.7 Å². The highest BCUT2D eigenvalue weighted by Gasteiger charge is 2.43. The van der Waals surface area contributed by atoms with Crippen LogP contribution in [0.2, 0.25) is 0 Å². The van der Waals surface area contributed by atoms with Gasteiger partial charge in [-0.25, -0.2) is 6.57 Å². The molecular weight excluding hydrogens is 610 g/mol. The molecule has 0 aliphatic carbocycles. The van der Waals surface area contributed by atoms with Crippen molar-refractivity contribution in [1.82, 2.24) is 15.1 Å². The first-order valence-electron chi connectivity index (χ1n) is 16.1. The van der Waals surface area contributed by atoms with Gasteiger partial charge in [-0.05, 0) is 55.2 Å². The van der Waals surface area contributed by atoms with Gasteiger partial charge in [-0.3, -0.25) is 33.8 Å². The number of ether oxygens (including phenoxy) is 2. The Kier molecular flexibility index (Phi) is 10.8. The van der Waals surface area contributed by atoms with Crippen LogP contribution in [0.4, 0.5) is 5.69 Å². The predicted octanol–water partition coefficient (Wildman–Crippen LogP) is 4.70. The van der Waals surface area contributed by atoms with E-state index in [4.69, 9.17) is 16.0 Å². The number of anilines is 1. The molecule has 3 amide bonds. The molecule has 0 spiro atoms. The molecule has 0 bridgehead atoms. The predicted molar refractivity (Wildman–Crippen MR) is 181 cm³/mol. The molecule has 1 unspecified atom stereocenters. The molecule has 250 valence electrons.